The van der Waals surface area contributed by atoms with E-state index in [1.165, 1.54) is 10.1 Å². The average Bonchev–Trinajstić information content (AvgIpc) is 2.78. The van der Waals surface area contributed by atoms with E-state index in [4.69, 9.17) is 4.74 Å². The van der Waals surface area contributed by atoms with Crippen LogP contribution >= 0.6 is 11.3 Å². The predicted molar refractivity (Wildman–Crippen MR) is 72.1 cm³/mol. The molecular weight excluding hydrogens is 232 g/mol. The molecule has 0 fully saturated rings. The molecule has 17 heavy (non-hydrogen) atoms. The number of thiophene rings is 1. The highest BCUT2D eigenvalue weighted by molar-refractivity contribution is 7.17. The first-order valence-electron chi connectivity index (χ1n) is 5.59. The highest BCUT2D eigenvalue weighted by atomic mass is 32.1. The van der Waals surface area contributed by atoms with Crippen LogP contribution in [0.3, 0.4) is 0 Å². The van der Waals surface area contributed by atoms with E-state index >= 15 is 0 Å². The van der Waals surface area contributed by atoms with Gasteiger partial charge in [0.2, 0.25) is 0 Å². The Morgan fingerprint density at radius 3 is 3.12 bits per heavy atom. The van der Waals surface area contributed by atoms with E-state index in [0.717, 1.165) is 5.56 Å². The van der Waals surface area contributed by atoms with Gasteiger partial charge >= 0.3 is 5.97 Å². The molecule has 3 heteroatoms. The third-order valence-corrected chi connectivity index (χ3v) is 3.38. The summed E-state index contributed by atoms with van der Waals surface area (Å²) < 4.78 is 6.12. The second-order valence-electron chi connectivity index (χ2n) is 3.60. The molecule has 0 aliphatic heterocycles. The smallest absolute Gasteiger partial charge is 0.309 e. The Balaban J connectivity index is 2.10. The minimum atomic E-state index is -0.179. The van der Waals surface area contributed by atoms with Crippen molar-refractivity contribution in [1.29, 1.82) is 0 Å². The molecule has 2 nitrogen and oxygen atoms in total. The van der Waals surface area contributed by atoms with Gasteiger partial charge in [-0.25, -0.2) is 0 Å². The lowest BCUT2D eigenvalue weighted by atomic mass is 10.1. The van der Waals surface area contributed by atoms with Crippen molar-refractivity contribution < 1.29 is 9.53 Å². The first kappa shape index (κ1) is 11.9. The molecule has 0 saturated heterocycles. The molecule has 0 amide bonds. The molecule has 2 rings (SSSR count). The Morgan fingerprint density at radius 2 is 2.29 bits per heavy atom. The van der Waals surface area contributed by atoms with Gasteiger partial charge in [-0.2, -0.15) is 0 Å². The van der Waals surface area contributed by atoms with Crippen molar-refractivity contribution in [2.75, 3.05) is 6.61 Å². The quantitative estimate of drug-likeness (QED) is 0.765. The summed E-state index contributed by atoms with van der Waals surface area (Å²) in [6, 6.07) is 8.27. The standard InChI is InChI=1S/C14H14O2S/c1-2-16-13(15)8-4-7-11-5-3-6-12-9-10-17-14(11)12/h3-7,9-10H,2,8H2,1H3. The van der Waals surface area contributed by atoms with Crippen molar-refractivity contribution in [1.82, 2.24) is 0 Å². The Labute approximate surface area is 105 Å². The first-order valence-corrected chi connectivity index (χ1v) is 6.47. The summed E-state index contributed by atoms with van der Waals surface area (Å²) in [6.45, 7) is 2.25. The monoisotopic (exact) mass is 246 g/mol. The maximum Gasteiger partial charge on any atom is 0.309 e. The van der Waals surface area contributed by atoms with Crippen LogP contribution in [0.4, 0.5) is 0 Å². The van der Waals surface area contributed by atoms with Crippen molar-refractivity contribution in [3.63, 3.8) is 0 Å². The van der Waals surface area contributed by atoms with Gasteiger partial charge in [-0.3, -0.25) is 4.79 Å². The number of carbonyl (C=O) groups is 1. The van der Waals surface area contributed by atoms with E-state index in [-0.39, 0.29) is 5.97 Å². The van der Waals surface area contributed by atoms with Crippen LogP contribution in [0.1, 0.15) is 18.9 Å². The van der Waals surface area contributed by atoms with Crippen LogP contribution in [0, 0.1) is 0 Å². The molecule has 88 valence electrons. The predicted octanol–water partition coefficient (Wildman–Crippen LogP) is 3.87. The van der Waals surface area contributed by atoms with Gasteiger partial charge in [0.1, 0.15) is 0 Å². The van der Waals surface area contributed by atoms with E-state index in [9.17, 15) is 4.79 Å². The maximum absolute atomic E-state index is 11.2. The fourth-order valence-electron chi connectivity index (χ4n) is 1.65. The van der Waals surface area contributed by atoms with Crippen LogP contribution < -0.4 is 0 Å². The van der Waals surface area contributed by atoms with Crippen LogP contribution in [0.5, 0.6) is 0 Å². The number of fused-ring (bicyclic) bond motifs is 1. The van der Waals surface area contributed by atoms with E-state index in [1.54, 1.807) is 11.3 Å². The molecule has 2 aromatic rings. The van der Waals surface area contributed by atoms with Crippen molar-refractivity contribution in [3.8, 4) is 0 Å². The number of esters is 1. The topological polar surface area (TPSA) is 26.3 Å². The maximum atomic E-state index is 11.2. The van der Waals surface area contributed by atoms with Gasteiger partial charge in [-0.05, 0) is 29.3 Å². The Hall–Kier alpha value is -1.61. The highest BCUT2D eigenvalue weighted by Crippen LogP contribution is 2.25. The van der Waals surface area contributed by atoms with Gasteiger partial charge in [-0.15, -0.1) is 11.3 Å². The molecule has 0 unspecified atom stereocenters. The molecule has 0 radical (unpaired) electrons. The summed E-state index contributed by atoms with van der Waals surface area (Å²) in [5.41, 5.74) is 1.15. The molecule has 1 aromatic carbocycles. The van der Waals surface area contributed by atoms with Crippen molar-refractivity contribution in [2.24, 2.45) is 0 Å². The minimum absolute atomic E-state index is 0.179. The normalized spacial score (nSPS) is 11.1. The Bertz CT molecular complexity index is 540. The highest BCUT2D eigenvalue weighted by Gasteiger charge is 2.00. The van der Waals surface area contributed by atoms with Crippen LogP contribution in [0.2, 0.25) is 0 Å². The zero-order chi connectivity index (χ0) is 12.1. The number of carbonyl (C=O) groups excluding carboxylic acids is 1. The van der Waals surface area contributed by atoms with E-state index in [0.29, 0.717) is 13.0 Å². The first-order chi connectivity index (χ1) is 8.31. The van der Waals surface area contributed by atoms with Crippen LogP contribution in [0.25, 0.3) is 16.2 Å². The fraction of sp³-hybridized carbons (Fsp3) is 0.214. The Kier molecular flexibility index (Phi) is 3.94. The lowest BCUT2D eigenvalue weighted by Crippen LogP contribution is -2.01. The number of hydrogen-bond donors (Lipinski definition) is 0. The number of rotatable bonds is 4. The molecule has 1 heterocycles. The second-order valence-corrected chi connectivity index (χ2v) is 4.51. The van der Waals surface area contributed by atoms with E-state index < -0.39 is 0 Å². The number of benzene rings is 1. The van der Waals surface area contributed by atoms with Crippen LogP contribution in [-0.2, 0) is 9.53 Å². The van der Waals surface area contributed by atoms with Gasteiger partial charge in [0.25, 0.3) is 0 Å². The van der Waals surface area contributed by atoms with Gasteiger partial charge < -0.3 is 4.74 Å². The minimum Gasteiger partial charge on any atom is -0.466 e. The zero-order valence-corrected chi connectivity index (χ0v) is 10.5. The molecule has 0 saturated carbocycles. The largest absolute Gasteiger partial charge is 0.466 e. The van der Waals surface area contributed by atoms with Crippen LogP contribution in [-0.4, -0.2) is 12.6 Å². The van der Waals surface area contributed by atoms with Gasteiger partial charge in [0.05, 0.1) is 13.0 Å². The third-order valence-electron chi connectivity index (χ3n) is 2.40. The molecule has 0 bridgehead atoms. The van der Waals surface area contributed by atoms with Gasteiger partial charge in [0, 0.05) is 4.70 Å². The van der Waals surface area contributed by atoms with Gasteiger partial charge in [-0.1, -0.05) is 30.4 Å². The SMILES string of the molecule is CCOC(=O)CC=Cc1cccc2ccsc12. The third kappa shape index (κ3) is 2.94. The van der Waals surface area contributed by atoms with Crippen LogP contribution in [0.15, 0.2) is 35.7 Å². The molecule has 0 spiro atoms. The van der Waals surface area contributed by atoms with E-state index in [1.807, 2.05) is 25.1 Å². The summed E-state index contributed by atoms with van der Waals surface area (Å²) in [7, 11) is 0. The summed E-state index contributed by atoms with van der Waals surface area (Å²) >= 11 is 1.72. The summed E-state index contributed by atoms with van der Waals surface area (Å²) in [4.78, 5) is 11.2. The molecule has 1 aromatic heterocycles. The molecular formula is C14H14O2S. The zero-order valence-electron chi connectivity index (χ0n) is 9.68. The van der Waals surface area contributed by atoms with E-state index in [2.05, 4.69) is 23.6 Å². The Morgan fingerprint density at radius 1 is 1.41 bits per heavy atom. The average molecular weight is 246 g/mol. The second kappa shape index (κ2) is 5.64. The van der Waals surface area contributed by atoms with Gasteiger partial charge in [0.15, 0.2) is 0 Å². The molecule has 0 aliphatic rings. The molecule has 0 atom stereocenters. The van der Waals surface area contributed by atoms with Crippen molar-refractivity contribution in [2.45, 2.75) is 13.3 Å². The fourth-order valence-corrected chi connectivity index (χ4v) is 2.54. The summed E-state index contributed by atoms with van der Waals surface area (Å²) in [5, 5.41) is 3.32. The van der Waals surface area contributed by atoms with Crippen molar-refractivity contribution in [3.05, 3.63) is 41.3 Å². The molecule has 0 aliphatic carbocycles. The lowest BCUT2D eigenvalue weighted by molar-refractivity contribution is -0.142. The lowest BCUT2D eigenvalue weighted by Gasteiger charge is -1.98. The van der Waals surface area contributed by atoms with Crippen molar-refractivity contribution >= 4 is 33.5 Å². The number of ether oxygens (including phenoxy) is 1. The summed E-state index contributed by atoms with van der Waals surface area (Å²) in [6.07, 6.45) is 4.16. The molecule has 0 N–H and O–H groups in total. The number of hydrogen-bond acceptors (Lipinski definition) is 3. The summed E-state index contributed by atoms with van der Waals surface area (Å²) in [5.74, 6) is -0.179.